The molecule has 2 fully saturated rings. The van der Waals surface area contributed by atoms with Crippen LogP contribution in [0.5, 0.6) is 0 Å². The molecule has 1 atom stereocenters. The van der Waals surface area contributed by atoms with Gasteiger partial charge in [0.1, 0.15) is 0 Å². The number of piperazine rings is 1. The van der Waals surface area contributed by atoms with Crippen LogP contribution in [-0.2, 0) is 11.3 Å². The fourth-order valence-electron chi connectivity index (χ4n) is 3.56. The van der Waals surface area contributed by atoms with Crippen LogP contribution in [0.15, 0.2) is 30.3 Å². The van der Waals surface area contributed by atoms with Crippen molar-refractivity contribution in [1.29, 1.82) is 0 Å². The van der Waals surface area contributed by atoms with Gasteiger partial charge in [-0.25, -0.2) is 0 Å². The van der Waals surface area contributed by atoms with Crippen molar-refractivity contribution in [2.24, 2.45) is 0 Å². The van der Waals surface area contributed by atoms with E-state index in [9.17, 15) is 4.79 Å². The molecule has 5 heteroatoms. The molecule has 126 valence electrons. The van der Waals surface area contributed by atoms with Gasteiger partial charge in [-0.15, -0.1) is 0 Å². The molecule has 2 saturated heterocycles. The number of likely N-dealkylation sites (N-methyl/N-ethyl adjacent to an activating group) is 1. The third-order valence-electron chi connectivity index (χ3n) is 4.96. The van der Waals surface area contributed by atoms with Gasteiger partial charge in [-0.3, -0.25) is 14.6 Å². The number of nitrogens with zero attached hydrogens (tertiary/aromatic N) is 3. The molecule has 23 heavy (non-hydrogen) atoms. The summed E-state index contributed by atoms with van der Waals surface area (Å²) < 4.78 is 0. The van der Waals surface area contributed by atoms with Crippen LogP contribution >= 0.6 is 0 Å². The second-order valence-corrected chi connectivity index (χ2v) is 6.70. The normalized spacial score (nSPS) is 23.1. The molecule has 1 amide bonds. The number of hydrogen-bond donors (Lipinski definition) is 1. The highest BCUT2D eigenvalue weighted by molar-refractivity contribution is 5.78. The van der Waals surface area contributed by atoms with Crippen molar-refractivity contribution in [2.75, 3.05) is 52.9 Å². The Morgan fingerprint density at radius 1 is 1.22 bits per heavy atom. The zero-order valence-electron chi connectivity index (χ0n) is 14.1. The summed E-state index contributed by atoms with van der Waals surface area (Å²) in [6.07, 6.45) is 1.19. The maximum absolute atomic E-state index is 12.4. The molecule has 3 rings (SSSR count). The van der Waals surface area contributed by atoms with Gasteiger partial charge in [0.25, 0.3) is 0 Å². The number of carbonyl (C=O) groups excluding carboxylic acids is 1. The molecule has 0 aromatic heterocycles. The lowest BCUT2D eigenvalue weighted by atomic mass is 10.2. The molecule has 0 radical (unpaired) electrons. The minimum atomic E-state index is 0.217. The number of amides is 1. The Morgan fingerprint density at radius 2 is 1.96 bits per heavy atom. The molecular formula is C18H28N4O. The summed E-state index contributed by atoms with van der Waals surface area (Å²) in [7, 11) is 1.90. The molecule has 2 aliphatic rings. The Morgan fingerprint density at radius 3 is 2.70 bits per heavy atom. The van der Waals surface area contributed by atoms with Crippen LogP contribution in [-0.4, -0.2) is 79.5 Å². The smallest absolute Gasteiger partial charge is 0.236 e. The Kier molecular flexibility index (Phi) is 5.65. The van der Waals surface area contributed by atoms with Gasteiger partial charge in [-0.1, -0.05) is 30.3 Å². The molecule has 0 saturated carbocycles. The molecule has 1 N–H and O–H groups in total. The van der Waals surface area contributed by atoms with Gasteiger partial charge in [0.2, 0.25) is 5.91 Å². The number of likely N-dealkylation sites (tertiary alicyclic amines) is 1. The number of hydrogen-bond acceptors (Lipinski definition) is 4. The first-order valence-electron chi connectivity index (χ1n) is 8.67. The molecule has 1 aromatic rings. The zero-order chi connectivity index (χ0) is 16.1. The van der Waals surface area contributed by atoms with E-state index in [0.29, 0.717) is 19.1 Å². The summed E-state index contributed by atoms with van der Waals surface area (Å²) in [5.41, 5.74) is 1.18. The number of rotatable bonds is 5. The topological polar surface area (TPSA) is 38.8 Å². The van der Waals surface area contributed by atoms with Crippen LogP contribution in [0.1, 0.15) is 12.0 Å². The van der Waals surface area contributed by atoms with E-state index in [-0.39, 0.29) is 5.91 Å². The van der Waals surface area contributed by atoms with Gasteiger partial charge < -0.3 is 10.2 Å². The van der Waals surface area contributed by atoms with Gasteiger partial charge in [-0.2, -0.15) is 0 Å². The largest absolute Gasteiger partial charge is 0.340 e. The lowest BCUT2D eigenvalue weighted by molar-refractivity contribution is -0.131. The van der Waals surface area contributed by atoms with Crippen molar-refractivity contribution < 1.29 is 4.79 Å². The Labute approximate surface area is 139 Å². The lowest BCUT2D eigenvalue weighted by Crippen LogP contribution is -2.49. The van der Waals surface area contributed by atoms with Crippen LogP contribution in [0.2, 0.25) is 0 Å². The van der Waals surface area contributed by atoms with Crippen LogP contribution in [0, 0.1) is 0 Å². The highest BCUT2D eigenvalue weighted by Gasteiger charge is 2.29. The number of nitrogens with one attached hydrogen (secondary N) is 1. The third-order valence-corrected chi connectivity index (χ3v) is 4.96. The first-order valence-corrected chi connectivity index (χ1v) is 8.67. The average Bonchev–Trinajstić information content (AvgIpc) is 3.05. The highest BCUT2D eigenvalue weighted by Crippen LogP contribution is 2.16. The Hall–Kier alpha value is -1.43. The molecule has 0 aliphatic carbocycles. The summed E-state index contributed by atoms with van der Waals surface area (Å²) in [6, 6.07) is 10.8. The summed E-state index contributed by atoms with van der Waals surface area (Å²) in [5, 5.41) is 3.40. The summed E-state index contributed by atoms with van der Waals surface area (Å²) >= 11 is 0. The highest BCUT2D eigenvalue weighted by atomic mass is 16.2. The van der Waals surface area contributed by atoms with E-state index in [1.54, 1.807) is 0 Å². The molecule has 1 aromatic carbocycles. The predicted molar refractivity (Wildman–Crippen MR) is 92.2 cm³/mol. The SMILES string of the molecule is CN(Cc1ccccc1)C(=O)CN1CCC(N2CCNCC2)C1. The average molecular weight is 316 g/mol. The molecule has 0 spiro atoms. The van der Waals surface area contributed by atoms with Crippen molar-refractivity contribution in [1.82, 2.24) is 20.0 Å². The molecule has 1 unspecified atom stereocenters. The maximum atomic E-state index is 12.4. The Bertz CT molecular complexity index is 501. The minimum Gasteiger partial charge on any atom is -0.340 e. The van der Waals surface area contributed by atoms with Gasteiger partial charge in [0.15, 0.2) is 0 Å². The monoisotopic (exact) mass is 316 g/mol. The van der Waals surface area contributed by atoms with Crippen molar-refractivity contribution in [3.8, 4) is 0 Å². The van der Waals surface area contributed by atoms with Crippen molar-refractivity contribution in [3.05, 3.63) is 35.9 Å². The third kappa shape index (κ3) is 4.53. The van der Waals surface area contributed by atoms with E-state index < -0.39 is 0 Å². The number of carbonyl (C=O) groups is 1. The van der Waals surface area contributed by atoms with Gasteiger partial charge in [0.05, 0.1) is 6.54 Å². The maximum Gasteiger partial charge on any atom is 0.236 e. The lowest BCUT2D eigenvalue weighted by Gasteiger charge is -2.32. The van der Waals surface area contributed by atoms with Gasteiger partial charge >= 0.3 is 0 Å². The van der Waals surface area contributed by atoms with E-state index in [2.05, 4.69) is 27.2 Å². The van der Waals surface area contributed by atoms with Gasteiger partial charge in [0, 0.05) is 58.9 Å². The Balaban J connectivity index is 1.44. The van der Waals surface area contributed by atoms with Crippen LogP contribution in [0.3, 0.4) is 0 Å². The quantitative estimate of drug-likeness (QED) is 0.865. The summed E-state index contributed by atoms with van der Waals surface area (Å²) in [5.74, 6) is 0.217. The second kappa shape index (κ2) is 7.90. The van der Waals surface area contributed by atoms with E-state index in [1.165, 1.54) is 12.0 Å². The fourth-order valence-corrected chi connectivity index (χ4v) is 3.56. The minimum absolute atomic E-state index is 0.217. The van der Waals surface area contributed by atoms with Crippen molar-refractivity contribution in [2.45, 2.75) is 19.0 Å². The van der Waals surface area contributed by atoms with Crippen LogP contribution < -0.4 is 5.32 Å². The molecule has 0 bridgehead atoms. The van der Waals surface area contributed by atoms with E-state index in [4.69, 9.17) is 0 Å². The van der Waals surface area contributed by atoms with E-state index >= 15 is 0 Å². The van der Waals surface area contributed by atoms with Crippen molar-refractivity contribution in [3.63, 3.8) is 0 Å². The summed E-state index contributed by atoms with van der Waals surface area (Å²) in [4.78, 5) is 19.2. The molecular weight excluding hydrogens is 288 g/mol. The van der Waals surface area contributed by atoms with Crippen LogP contribution in [0.4, 0.5) is 0 Å². The van der Waals surface area contributed by atoms with E-state index in [0.717, 1.165) is 39.3 Å². The van der Waals surface area contributed by atoms with Gasteiger partial charge in [-0.05, 0) is 12.0 Å². The van der Waals surface area contributed by atoms with E-state index in [1.807, 2.05) is 30.1 Å². The zero-order valence-corrected chi connectivity index (χ0v) is 14.1. The summed E-state index contributed by atoms with van der Waals surface area (Å²) in [6.45, 7) is 7.77. The fraction of sp³-hybridized carbons (Fsp3) is 0.611. The number of benzene rings is 1. The molecule has 2 heterocycles. The van der Waals surface area contributed by atoms with Crippen molar-refractivity contribution >= 4 is 5.91 Å². The predicted octanol–water partition coefficient (Wildman–Crippen LogP) is 0.625. The first kappa shape index (κ1) is 16.4. The molecule has 5 nitrogen and oxygen atoms in total. The second-order valence-electron chi connectivity index (χ2n) is 6.70. The standard InChI is InChI=1S/C18H28N4O/c1-20(13-16-5-3-2-4-6-16)18(23)15-21-10-7-17(14-21)22-11-8-19-9-12-22/h2-6,17,19H,7-15H2,1H3. The van der Waals surface area contributed by atoms with Crippen LogP contribution in [0.25, 0.3) is 0 Å². The first-order chi connectivity index (χ1) is 11.2. The molecule has 2 aliphatic heterocycles.